The zero-order valence-electron chi connectivity index (χ0n) is 17.6. The molecular formula is C23H20N4O6. The van der Waals surface area contributed by atoms with Gasteiger partial charge < -0.3 is 15.2 Å². The van der Waals surface area contributed by atoms with Crippen LogP contribution in [-0.4, -0.2) is 46.5 Å². The molecule has 4 rings (SSSR count). The Kier molecular flexibility index (Phi) is 6.16. The number of hydrogen-bond donors (Lipinski definition) is 3. The van der Waals surface area contributed by atoms with Crippen molar-refractivity contribution in [2.45, 2.75) is 12.8 Å². The molecule has 1 aliphatic carbocycles. The predicted molar refractivity (Wildman–Crippen MR) is 117 cm³/mol. The van der Waals surface area contributed by atoms with Crippen molar-refractivity contribution >= 4 is 23.8 Å². The van der Waals surface area contributed by atoms with Gasteiger partial charge in [-0.05, 0) is 39.5 Å². The maximum absolute atomic E-state index is 12.4. The van der Waals surface area contributed by atoms with E-state index < -0.39 is 18.0 Å². The van der Waals surface area contributed by atoms with Gasteiger partial charge in [-0.25, -0.2) is 14.2 Å². The number of rotatable bonds is 7. The van der Waals surface area contributed by atoms with Crippen LogP contribution in [0.2, 0.25) is 0 Å². The number of ether oxygens (including phenoxy) is 1. The number of nitrogens with one attached hydrogen (secondary N) is 2. The van der Waals surface area contributed by atoms with Crippen LogP contribution in [0.4, 0.5) is 10.6 Å². The Morgan fingerprint density at radius 2 is 1.70 bits per heavy atom. The number of carbonyl (C=O) groups excluding carboxylic acids is 2. The number of aromatic nitrogens is 2. The van der Waals surface area contributed by atoms with Crippen LogP contribution < -0.4 is 10.6 Å². The number of anilines is 1. The van der Waals surface area contributed by atoms with Crippen molar-refractivity contribution in [2.24, 2.45) is 0 Å². The second-order valence-electron chi connectivity index (χ2n) is 7.31. The summed E-state index contributed by atoms with van der Waals surface area (Å²) >= 11 is 0. The first-order chi connectivity index (χ1) is 16.0. The monoisotopic (exact) mass is 448 g/mol. The lowest BCUT2D eigenvalue weighted by atomic mass is 9.98. The van der Waals surface area contributed by atoms with Gasteiger partial charge >= 0.3 is 12.1 Å². The highest BCUT2D eigenvalue weighted by Gasteiger charge is 2.29. The van der Waals surface area contributed by atoms with Crippen LogP contribution in [0.3, 0.4) is 0 Å². The zero-order chi connectivity index (χ0) is 23.4. The predicted octanol–water partition coefficient (Wildman–Crippen LogP) is 3.19. The Balaban J connectivity index is 1.38. The minimum Gasteiger partial charge on any atom is -0.478 e. The lowest BCUT2D eigenvalue weighted by Gasteiger charge is -2.14. The fourth-order valence-electron chi connectivity index (χ4n) is 3.62. The van der Waals surface area contributed by atoms with Crippen LogP contribution in [0.15, 0.2) is 64.8 Å². The van der Waals surface area contributed by atoms with Gasteiger partial charge in [0.1, 0.15) is 6.61 Å². The van der Waals surface area contributed by atoms with E-state index in [9.17, 15) is 14.4 Å². The molecule has 0 unspecified atom stereocenters. The van der Waals surface area contributed by atoms with Crippen LogP contribution in [0, 0.1) is 0 Å². The van der Waals surface area contributed by atoms with Crippen LogP contribution in [-0.2, 0) is 9.53 Å². The van der Waals surface area contributed by atoms with Crippen molar-refractivity contribution in [3.63, 3.8) is 0 Å². The molecule has 1 aliphatic rings. The van der Waals surface area contributed by atoms with E-state index in [0.29, 0.717) is 0 Å². The van der Waals surface area contributed by atoms with Crippen molar-refractivity contribution < 1.29 is 28.9 Å². The summed E-state index contributed by atoms with van der Waals surface area (Å²) in [6.07, 6.45) is 0.509. The molecule has 0 aliphatic heterocycles. The maximum atomic E-state index is 12.4. The van der Waals surface area contributed by atoms with Crippen LogP contribution in [0.1, 0.15) is 34.5 Å². The SMILES string of the molecule is C/C(=C\CNC(=O)c1nonc1NC(=O)OCC1c2ccccc2-c2ccccc21)C(=O)O. The number of hydrogen-bond acceptors (Lipinski definition) is 7. The van der Waals surface area contributed by atoms with Crippen LogP contribution in [0.5, 0.6) is 0 Å². The summed E-state index contributed by atoms with van der Waals surface area (Å²) < 4.78 is 9.98. The Morgan fingerprint density at radius 3 is 2.33 bits per heavy atom. The molecule has 2 amide bonds. The minimum atomic E-state index is -1.09. The Morgan fingerprint density at radius 1 is 1.06 bits per heavy atom. The highest BCUT2D eigenvalue weighted by Crippen LogP contribution is 2.44. The van der Waals surface area contributed by atoms with Crippen LogP contribution in [0.25, 0.3) is 11.1 Å². The Hall–Kier alpha value is -4.47. The molecular weight excluding hydrogens is 428 g/mol. The number of nitrogens with zero attached hydrogens (tertiary/aromatic N) is 2. The third-order valence-corrected chi connectivity index (χ3v) is 5.28. The number of carboxylic acids is 1. The molecule has 0 atom stereocenters. The first-order valence-electron chi connectivity index (χ1n) is 10.1. The quantitative estimate of drug-likeness (QED) is 0.468. The number of amides is 2. The van der Waals surface area contributed by atoms with E-state index in [4.69, 9.17) is 9.84 Å². The van der Waals surface area contributed by atoms with Gasteiger partial charge in [-0.2, -0.15) is 0 Å². The zero-order valence-corrected chi connectivity index (χ0v) is 17.6. The molecule has 0 bridgehead atoms. The van der Waals surface area contributed by atoms with E-state index >= 15 is 0 Å². The molecule has 1 heterocycles. The third-order valence-electron chi connectivity index (χ3n) is 5.28. The minimum absolute atomic E-state index is 0.0474. The Bertz CT molecular complexity index is 1200. The number of benzene rings is 2. The highest BCUT2D eigenvalue weighted by atomic mass is 16.6. The normalized spacial score (nSPS) is 12.6. The van der Waals surface area contributed by atoms with Crippen LogP contribution >= 0.6 is 0 Å². The highest BCUT2D eigenvalue weighted by molar-refractivity contribution is 5.99. The topological polar surface area (TPSA) is 144 Å². The van der Waals surface area contributed by atoms with Crippen molar-refractivity contribution in [3.05, 3.63) is 77.0 Å². The van der Waals surface area contributed by atoms with Crippen molar-refractivity contribution in [3.8, 4) is 11.1 Å². The molecule has 10 heteroatoms. The molecule has 3 aromatic rings. The lowest BCUT2D eigenvalue weighted by Crippen LogP contribution is -2.26. The van der Waals surface area contributed by atoms with E-state index in [1.165, 1.54) is 13.0 Å². The van der Waals surface area contributed by atoms with E-state index in [1.54, 1.807) is 0 Å². The smallest absolute Gasteiger partial charge is 0.412 e. The van der Waals surface area contributed by atoms with E-state index in [-0.39, 0.29) is 36.2 Å². The molecule has 0 spiro atoms. The molecule has 0 saturated carbocycles. The summed E-state index contributed by atoms with van der Waals surface area (Å²) in [4.78, 5) is 35.4. The molecule has 2 aromatic carbocycles. The number of carbonyl (C=O) groups is 3. The van der Waals surface area contributed by atoms with Crippen molar-refractivity contribution in [1.82, 2.24) is 15.6 Å². The average molecular weight is 448 g/mol. The molecule has 33 heavy (non-hydrogen) atoms. The van der Waals surface area contributed by atoms with Gasteiger partial charge in [-0.1, -0.05) is 54.6 Å². The number of fused-ring (bicyclic) bond motifs is 3. The number of aliphatic carboxylic acids is 1. The largest absolute Gasteiger partial charge is 0.478 e. The average Bonchev–Trinajstić information content (AvgIpc) is 3.40. The van der Waals surface area contributed by atoms with E-state index in [1.807, 2.05) is 48.5 Å². The Labute approximate surface area is 188 Å². The molecule has 0 radical (unpaired) electrons. The second kappa shape index (κ2) is 9.35. The van der Waals surface area contributed by atoms with E-state index in [2.05, 4.69) is 25.6 Å². The molecule has 0 saturated heterocycles. The summed E-state index contributed by atoms with van der Waals surface area (Å²) in [7, 11) is 0. The van der Waals surface area contributed by atoms with Gasteiger partial charge in [0.05, 0.1) is 0 Å². The number of carboxylic acid groups (broad SMARTS) is 1. The summed E-state index contributed by atoms with van der Waals surface area (Å²) in [6, 6.07) is 15.9. The molecule has 0 fully saturated rings. The van der Waals surface area contributed by atoms with Gasteiger partial charge in [0.15, 0.2) is 0 Å². The maximum Gasteiger partial charge on any atom is 0.412 e. The van der Waals surface area contributed by atoms with E-state index in [0.717, 1.165) is 22.3 Å². The first-order valence-corrected chi connectivity index (χ1v) is 10.1. The standard InChI is InChI=1S/C23H20N4O6/c1-13(22(29)30)10-11-24-21(28)19-20(27-33-26-19)25-23(31)32-12-18-16-8-4-2-6-14(16)15-7-3-5-9-17(15)18/h2-10,18H,11-12H2,1H3,(H,24,28)(H,29,30)(H,25,27,31)/b13-10+. The second-order valence-corrected chi connectivity index (χ2v) is 7.31. The third kappa shape index (κ3) is 4.59. The lowest BCUT2D eigenvalue weighted by molar-refractivity contribution is -0.132. The summed E-state index contributed by atoms with van der Waals surface area (Å²) in [5.74, 6) is -2.11. The van der Waals surface area contributed by atoms with Gasteiger partial charge in [-0.15, -0.1) is 0 Å². The summed E-state index contributed by atoms with van der Waals surface area (Å²) in [5.41, 5.74) is 4.16. The fourth-order valence-corrected chi connectivity index (χ4v) is 3.62. The van der Waals surface area contributed by atoms with Gasteiger partial charge in [-0.3, -0.25) is 10.1 Å². The molecule has 1 aromatic heterocycles. The molecule has 168 valence electrons. The van der Waals surface area contributed by atoms with Crippen molar-refractivity contribution in [2.75, 3.05) is 18.5 Å². The van der Waals surface area contributed by atoms with Gasteiger partial charge in [0, 0.05) is 18.0 Å². The first kappa shape index (κ1) is 21.8. The fraction of sp³-hybridized carbons (Fsp3) is 0.174. The summed E-state index contributed by atoms with van der Waals surface area (Å²) in [6.45, 7) is 1.44. The molecule has 10 nitrogen and oxygen atoms in total. The van der Waals surface area contributed by atoms with Crippen molar-refractivity contribution in [1.29, 1.82) is 0 Å². The van der Waals surface area contributed by atoms with Gasteiger partial charge in [0.2, 0.25) is 11.5 Å². The van der Waals surface area contributed by atoms with Gasteiger partial charge in [0.25, 0.3) is 5.91 Å². The molecule has 3 N–H and O–H groups in total. The summed E-state index contributed by atoms with van der Waals surface area (Å²) in [5, 5.41) is 20.7.